The molecular formula is C27H29Cl2N3O5S. The van der Waals surface area contributed by atoms with Crippen LogP contribution in [0.3, 0.4) is 0 Å². The van der Waals surface area contributed by atoms with Gasteiger partial charge in [0.2, 0.25) is 10.0 Å². The van der Waals surface area contributed by atoms with Crippen LogP contribution in [0, 0.1) is 20.8 Å². The van der Waals surface area contributed by atoms with Gasteiger partial charge in [0.1, 0.15) is 11.5 Å². The second kappa shape index (κ2) is 12.6. The van der Waals surface area contributed by atoms with Crippen molar-refractivity contribution in [2.24, 2.45) is 5.10 Å². The monoisotopic (exact) mass is 577 g/mol. The lowest BCUT2D eigenvalue weighted by atomic mass is 10.1. The first-order chi connectivity index (χ1) is 18.0. The van der Waals surface area contributed by atoms with Crippen LogP contribution in [0.5, 0.6) is 11.5 Å². The van der Waals surface area contributed by atoms with Gasteiger partial charge in [-0.25, -0.2) is 13.8 Å². The maximum atomic E-state index is 13.8. The highest BCUT2D eigenvalue weighted by Crippen LogP contribution is 2.28. The zero-order valence-corrected chi connectivity index (χ0v) is 24.0. The lowest BCUT2D eigenvalue weighted by molar-refractivity contribution is -0.121. The van der Waals surface area contributed by atoms with E-state index in [1.807, 2.05) is 6.92 Å². The predicted molar refractivity (Wildman–Crippen MR) is 150 cm³/mol. The zero-order chi connectivity index (χ0) is 28.0. The molecule has 0 aliphatic carbocycles. The van der Waals surface area contributed by atoms with E-state index in [0.29, 0.717) is 38.8 Å². The first-order valence-electron chi connectivity index (χ1n) is 11.5. The van der Waals surface area contributed by atoms with Crippen molar-refractivity contribution in [2.75, 3.05) is 20.8 Å². The molecule has 0 atom stereocenters. The molecule has 11 heteroatoms. The lowest BCUT2D eigenvalue weighted by Gasteiger charge is -2.24. The van der Waals surface area contributed by atoms with Crippen LogP contribution >= 0.6 is 23.2 Å². The van der Waals surface area contributed by atoms with Crippen LogP contribution < -0.4 is 14.9 Å². The van der Waals surface area contributed by atoms with Crippen LogP contribution in [0.4, 0.5) is 0 Å². The van der Waals surface area contributed by atoms with Gasteiger partial charge in [0.05, 0.1) is 41.9 Å². The largest absolute Gasteiger partial charge is 0.497 e. The number of carbonyl (C=O) groups excluding carboxylic acids is 1. The highest BCUT2D eigenvalue weighted by atomic mass is 35.5. The van der Waals surface area contributed by atoms with Gasteiger partial charge >= 0.3 is 0 Å². The number of ether oxygens (including phenoxy) is 2. The van der Waals surface area contributed by atoms with Gasteiger partial charge in [0.25, 0.3) is 5.91 Å². The summed E-state index contributed by atoms with van der Waals surface area (Å²) in [5.74, 6) is 0.480. The van der Waals surface area contributed by atoms with E-state index in [1.54, 1.807) is 62.4 Å². The van der Waals surface area contributed by atoms with E-state index < -0.39 is 22.5 Å². The summed E-state index contributed by atoms with van der Waals surface area (Å²) in [6.45, 7) is 4.77. The molecule has 0 aliphatic rings. The van der Waals surface area contributed by atoms with Crippen molar-refractivity contribution in [2.45, 2.75) is 32.2 Å². The summed E-state index contributed by atoms with van der Waals surface area (Å²) < 4.78 is 39.3. The van der Waals surface area contributed by atoms with Crippen LogP contribution in [0.1, 0.15) is 27.8 Å². The van der Waals surface area contributed by atoms with E-state index in [4.69, 9.17) is 32.7 Å². The SMILES string of the molecule is COc1ccc(OC)c(/C=N/NC(=O)CN(Cc2ccc(Cl)c(Cl)c2)S(=O)(=O)c2c(C)cc(C)cc2C)c1. The van der Waals surface area contributed by atoms with E-state index in [1.165, 1.54) is 20.4 Å². The van der Waals surface area contributed by atoms with Gasteiger partial charge in [0.15, 0.2) is 0 Å². The molecule has 8 nitrogen and oxygen atoms in total. The van der Waals surface area contributed by atoms with Crippen LogP contribution in [-0.4, -0.2) is 45.6 Å². The second-order valence-electron chi connectivity index (χ2n) is 8.65. The molecule has 1 amide bonds. The summed E-state index contributed by atoms with van der Waals surface area (Å²) >= 11 is 12.2. The number of amides is 1. The Morgan fingerprint density at radius 3 is 2.26 bits per heavy atom. The molecule has 0 aliphatic heterocycles. The van der Waals surface area contributed by atoms with Crippen LogP contribution in [0.25, 0.3) is 0 Å². The Hall–Kier alpha value is -3.11. The van der Waals surface area contributed by atoms with Gasteiger partial charge in [-0.3, -0.25) is 4.79 Å². The number of halogens is 2. The molecule has 0 spiro atoms. The maximum Gasteiger partial charge on any atom is 0.255 e. The third-order valence-corrected chi connectivity index (χ3v) is 8.53. The Balaban J connectivity index is 1.90. The highest BCUT2D eigenvalue weighted by molar-refractivity contribution is 7.89. The van der Waals surface area contributed by atoms with Crippen molar-refractivity contribution in [1.29, 1.82) is 0 Å². The summed E-state index contributed by atoms with van der Waals surface area (Å²) in [4.78, 5) is 13.1. The Labute approximate surface area is 233 Å². The van der Waals surface area contributed by atoms with Gasteiger partial charge in [-0.15, -0.1) is 0 Å². The van der Waals surface area contributed by atoms with Gasteiger partial charge in [0, 0.05) is 12.1 Å². The Kier molecular flexibility index (Phi) is 9.78. The number of nitrogens with zero attached hydrogens (tertiary/aromatic N) is 2. The molecule has 0 saturated heterocycles. The number of carbonyl (C=O) groups is 1. The fraction of sp³-hybridized carbons (Fsp3) is 0.259. The molecule has 38 heavy (non-hydrogen) atoms. The van der Waals surface area contributed by atoms with E-state index in [2.05, 4.69) is 10.5 Å². The average Bonchev–Trinajstić information content (AvgIpc) is 2.85. The van der Waals surface area contributed by atoms with Crippen LogP contribution in [-0.2, 0) is 21.4 Å². The van der Waals surface area contributed by atoms with Crippen LogP contribution in [0.2, 0.25) is 10.0 Å². The first kappa shape index (κ1) is 29.4. The standard InChI is InChI=1S/C27H29Cl2N3O5S/c1-17-10-18(2)27(19(3)11-17)38(34,35)32(15-20-6-8-23(28)24(29)12-20)16-26(33)31-30-14-21-13-22(36-4)7-9-25(21)37-5/h6-14H,15-16H2,1-5H3,(H,31,33)/b30-14+. The number of methoxy groups -OCH3 is 2. The number of hydrogen-bond donors (Lipinski definition) is 1. The van der Waals surface area contributed by atoms with Gasteiger partial charge in [-0.2, -0.15) is 9.41 Å². The average molecular weight is 579 g/mol. The van der Waals surface area contributed by atoms with Gasteiger partial charge in [-0.05, 0) is 67.8 Å². The minimum Gasteiger partial charge on any atom is -0.497 e. The van der Waals surface area contributed by atoms with Crippen molar-refractivity contribution in [3.8, 4) is 11.5 Å². The third-order valence-electron chi connectivity index (χ3n) is 5.70. The first-order valence-corrected chi connectivity index (χ1v) is 13.7. The molecule has 0 saturated carbocycles. The molecule has 1 N–H and O–H groups in total. The number of hydrogen-bond acceptors (Lipinski definition) is 6. The summed E-state index contributed by atoms with van der Waals surface area (Å²) in [5, 5.41) is 4.62. The Morgan fingerprint density at radius 1 is 0.974 bits per heavy atom. The lowest BCUT2D eigenvalue weighted by Crippen LogP contribution is -2.39. The summed E-state index contributed by atoms with van der Waals surface area (Å²) in [6.07, 6.45) is 1.39. The number of nitrogens with one attached hydrogen (secondary N) is 1. The molecule has 0 heterocycles. The predicted octanol–water partition coefficient (Wildman–Crippen LogP) is 5.28. The molecule has 3 aromatic carbocycles. The summed E-state index contributed by atoms with van der Waals surface area (Å²) in [7, 11) is -1.04. The molecule has 0 unspecified atom stereocenters. The van der Waals surface area contributed by atoms with Crippen LogP contribution in [0.15, 0.2) is 58.5 Å². The van der Waals surface area contributed by atoms with Crippen molar-refractivity contribution in [3.63, 3.8) is 0 Å². The van der Waals surface area contributed by atoms with Crippen molar-refractivity contribution < 1.29 is 22.7 Å². The number of aryl methyl sites for hydroxylation is 3. The maximum absolute atomic E-state index is 13.8. The van der Waals surface area contributed by atoms with Crippen molar-refractivity contribution in [1.82, 2.24) is 9.73 Å². The molecule has 0 fully saturated rings. The molecule has 0 radical (unpaired) electrons. The topological polar surface area (TPSA) is 97.3 Å². The smallest absolute Gasteiger partial charge is 0.255 e. The second-order valence-corrected chi connectivity index (χ2v) is 11.3. The van der Waals surface area contributed by atoms with Crippen molar-refractivity contribution >= 4 is 45.3 Å². The zero-order valence-electron chi connectivity index (χ0n) is 21.7. The van der Waals surface area contributed by atoms with E-state index in [0.717, 1.165) is 9.87 Å². The molecule has 0 aromatic heterocycles. The van der Waals surface area contributed by atoms with Crippen molar-refractivity contribution in [3.05, 3.63) is 86.4 Å². The molecular weight excluding hydrogens is 549 g/mol. The quantitative estimate of drug-likeness (QED) is 0.261. The fourth-order valence-corrected chi connectivity index (χ4v) is 6.20. The van der Waals surface area contributed by atoms with E-state index >= 15 is 0 Å². The fourth-order valence-electron chi connectivity index (χ4n) is 4.08. The molecule has 0 bridgehead atoms. The Bertz CT molecular complexity index is 1450. The summed E-state index contributed by atoms with van der Waals surface area (Å²) in [6, 6.07) is 13.5. The third kappa shape index (κ3) is 7.05. The Morgan fingerprint density at radius 2 is 1.66 bits per heavy atom. The number of benzene rings is 3. The summed E-state index contributed by atoms with van der Waals surface area (Å²) in [5.41, 5.74) is 5.66. The molecule has 202 valence electrons. The molecule has 3 rings (SSSR count). The normalized spacial score (nSPS) is 11.7. The van der Waals surface area contributed by atoms with Gasteiger partial charge < -0.3 is 9.47 Å². The number of rotatable bonds is 10. The minimum absolute atomic E-state index is 0.104. The molecule has 3 aromatic rings. The number of sulfonamides is 1. The van der Waals surface area contributed by atoms with E-state index in [-0.39, 0.29) is 16.5 Å². The number of hydrazone groups is 1. The minimum atomic E-state index is -4.08. The highest BCUT2D eigenvalue weighted by Gasteiger charge is 2.30. The van der Waals surface area contributed by atoms with Gasteiger partial charge in [-0.1, -0.05) is 47.0 Å². The van der Waals surface area contributed by atoms with E-state index in [9.17, 15) is 13.2 Å².